The number of fused-ring (bicyclic) bond motifs is 1. The van der Waals surface area contributed by atoms with Gasteiger partial charge in [0, 0.05) is 5.69 Å². The summed E-state index contributed by atoms with van der Waals surface area (Å²) in [6.45, 7) is 2.03. The predicted molar refractivity (Wildman–Crippen MR) is 134 cm³/mol. The van der Waals surface area contributed by atoms with E-state index in [1.165, 1.54) is 23.5 Å². The molecule has 4 N–H and O–H groups in total. The highest BCUT2D eigenvalue weighted by atomic mass is 32.1. The maximum atomic E-state index is 13.2. The predicted octanol–water partition coefficient (Wildman–Crippen LogP) is 4.97. The summed E-state index contributed by atoms with van der Waals surface area (Å²) in [4.78, 5) is 38.2. The zero-order valence-electron chi connectivity index (χ0n) is 18.8. The van der Waals surface area contributed by atoms with Crippen LogP contribution in [-0.2, 0) is 16.0 Å². The van der Waals surface area contributed by atoms with Gasteiger partial charge in [0.2, 0.25) is 5.91 Å². The molecule has 0 saturated heterocycles. The molecule has 0 aliphatic carbocycles. The summed E-state index contributed by atoms with van der Waals surface area (Å²) < 4.78 is 18.7. The largest absolute Gasteiger partial charge is 0.462 e. The third-order valence-corrected chi connectivity index (χ3v) is 5.38. The standard InChI is InChI=1S/C17H14FN3O3S.C8H9NO/c1-2-24-15(22)10-3-6-12(7-4-10)19-16(23)21-17-20-13-8-5-11(18)9-14(13)25-17;9-8(10)6-7-4-2-1-3-5-7/h3-9H,2H2,1H3,(H2,19,20,21,23);1-5H,6H2,(H2,9,10). The minimum atomic E-state index is -0.483. The molecule has 0 saturated carbocycles. The van der Waals surface area contributed by atoms with Crippen LogP contribution in [-0.4, -0.2) is 29.5 Å². The molecule has 1 heterocycles. The van der Waals surface area contributed by atoms with Gasteiger partial charge in [-0.2, -0.15) is 0 Å². The molecule has 0 aliphatic heterocycles. The Labute approximate surface area is 204 Å². The lowest BCUT2D eigenvalue weighted by Crippen LogP contribution is -2.19. The Balaban J connectivity index is 0.000000287. The smallest absolute Gasteiger partial charge is 0.338 e. The summed E-state index contributed by atoms with van der Waals surface area (Å²) in [7, 11) is 0. The second-order valence-electron chi connectivity index (χ2n) is 7.14. The molecule has 4 aromatic rings. The second kappa shape index (κ2) is 12.2. The van der Waals surface area contributed by atoms with Crippen molar-refractivity contribution in [1.82, 2.24) is 4.98 Å². The highest BCUT2D eigenvalue weighted by Crippen LogP contribution is 2.26. The SMILES string of the molecule is CCOC(=O)c1ccc(NC(=O)Nc2nc3ccc(F)cc3s2)cc1.NC(=O)Cc1ccccc1. The molecule has 180 valence electrons. The highest BCUT2D eigenvalue weighted by molar-refractivity contribution is 7.22. The van der Waals surface area contributed by atoms with E-state index in [1.807, 2.05) is 30.3 Å². The molecule has 0 radical (unpaired) electrons. The van der Waals surface area contributed by atoms with Gasteiger partial charge in [-0.3, -0.25) is 10.1 Å². The number of nitrogens with two attached hydrogens (primary N) is 1. The number of benzene rings is 3. The van der Waals surface area contributed by atoms with Crippen molar-refractivity contribution in [3.63, 3.8) is 0 Å². The van der Waals surface area contributed by atoms with Crippen LogP contribution in [0.15, 0.2) is 72.8 Å². The number of nitrogens with zero attached hydrogens (tertiary/aromatic N) is 1. The van der Waals surface area contributed by atoms with Crippen molar-refractivity contribution < 1.29 is 23.5 Å². The molecule has 0 unspecified atom stereocenters. The van der Waals surface area contributed by atoms with Crippen molar-refractivity contribution in [1.29, 1.82) is 0 Å². The Morgan fingerprint density at radius 1 is 1.00 bits per heavy atom. The Bertz CT molecular complexity index is 1310. The van der Waals surface area contributed by atoms with Crippen LogP contribution in [0.1, 0.15) is 22.8 Å². The molecule has 3 aromatic carbocycles. The Hall–Kier alpha value is -4.31. The van der Waals surface area contributed by atoms with Gasteiger partial charge in [-0.05, 0) is 55.0 Å². The average molecular weight is 495 g/mol. The van der Waals surface area contributed by atoms with E-state index in [-0.39, 0.29) is 11.7 Å². The van der Waals surface area contributed by atoms with Gasteiger partial charge < -0.3 is 15.8 Å². The average Bonchev–Trinajstić information content (AvgIpc) is 3.21. The van der Waals surface area contributed by atoms with E-state index in [0.717, 1.165) is 5.56 Å². The zero-order valence-corrected chi connectivity index (χ0v) is 19.6. The second-order valence-corrected chi connectivity index (χ2v) is 8.17. The summed E-state index contributed by atoms with van der Waals surface area (Å²) in [5.74, 6) is -1.06. The molecule has 0 bridgehead atoms. The van der Waals surface area contributed by atoms with Crippen molar-refractivity contribution in [2.75, 3.05) is 17.2 Å². The molecule has 4 rings (SSSR count). The number of thiazole rings is 1. The van der Waals surface area contributed by atoms with Gasteiger partial charge in [-0.15, -0.1) is 0 Å². The van der Waals surface area contributed by atoms with E-state index in [2.05, 4.69) is 15.6 Å². The summed E-state index contributed by atoms with van der Waals surface area (Å²) in [6.07, 6.45) is 0.334. The monoisotopic (exact) mass is 494 g/mol. The molecule has 35 heavy (non-hydrogen) atoms. The first-order chi connectivity index (χ1) is 16.8. The van der Waals surface area contributed by atoms with Crippen molar-refractivity contribution in [3.05, 3.63) is 89.7 Å². The first-order valence-electron chi connectivity index (χ1n) is 10.6. The Morgan fingerprint density at radius 3 is 2.37 bits per heavy atom. The fourth-order valence-corrected chi connectivity index (χ4v) is 3.80. The van der Waals surface area contributed by atoms with Crippen LogP contribution in [0, 0.1) is 5.82 Å². The molecule has 1 aromatic heterocycles. The van der Waals surface area contributed by atoms with Gasteiger partial charge in [0.1, 0.15) is 5.82 Å². The van der Waals surface area contributed by atoms with Crippen LogP contribution in [0.25, 0.3) is 10.2 Å². The number of halogens is 1. The lowest BCUT2D eigenvalue weighted by molar-refractivity contribution is -0.117. The molecular weight excluding hydrogens is 471 g/mol. The van der Waals surface area contributed by atoms with E-state index in [4.69, 9.17) is 10.5 Å². The number of anilines is 2. The molecule has 3 amide bonds. The number of hydrogen-bond acceptors (Lipinski definition) is 6. The minimum Gasteiger partial charge on any atom is -0.462 e. The van der Waals surface area contributed by atoms with Crippen LogP contribution >= 0.6 is 11.3 Å². The van der Waals surface area contributed by atoms with E-state index >= 15 is 0 Å². The van der Waals surface area contributed by atoms with Crippen LogP contribution in [0.4, 0.5) is 20.0 Å². The third-order valence-electron chi connectivity index (χ3n) is 4.45. The maximum Gasteiger partial charge on any atom is 0.338 e. The lowest BCUT2D eigenvalue weighted by atomic mass is 10.1. The lowest BCUT2D eigenvalue weighted by Gasteiger charge is -2.06. The Kier molecular flexibility index (Phi) is 8.85. The van der Waals surface area contributed by atoms with Gasteiger partial charge in [-0.1, -0.05) is 41.7 Å². The molecule has 8 nitrogen and oxygen atoms in total. The number of hydrogen-bond donors (Lipinski definition) is 3. The van der Waals surface area contributed by atoms with Gasteiger partial charge in [0.05, 0.1) is 28.8 Å². The Morgan fingerprint density at radius 2 is 1.71 bits per heavy atom. The number of primary amides is 1. The van der Waals surface area contributed by atoms with Crippen LogP contribution in [0.5, 0.6) is 0 Å². The zero-order chi connectivity index (χ0) is 25.2. The van der Waals surface area contributed by atoms with E-state index < -0.39 is 12.0 Å². The maximum absolute atomic E-state index is 13.2. The van der Waals surface area contributed by atoms with Crippen LogP contribution in [0.3, 0.4) is 0 Å². The van der Waals surface area contributed by atoms with Crippen molar-refractivity contribution in [2.24, 2.45) is 5.73 Å². The normalized spacial score (nSPS) is 10.1. The fourth-order valence-electron chi connectivity index (χ4n) is 2.91. The van der Waals surface area contributed by atoms with Gasteiger partial charge in [-0.25, -0.2) is 19.0 Å². The number of nitrogens with one attached hydrogen (secondary N) is 2. The summed E-state index contributed by atoms with van der Waals surface area (Å²) >= 11 is 1.18. The molecule has 0 fully saturated rings. The van der Waals surface area contributed by atoms with E-state index in [1.54, 1.807) is 37.3 Å². The first-order valence-corrected chi connectivity index (χ1v) is 11.4. The number of esters is 1. The number of aromatic nitrogens is 1. The quantitative estimate of drug-likeness (QED) is 0.327. The number of ether oxygens (including phenoxy) is 1. The highest BCUT2D eigenvalue weighted by Gasteiger charge is 2.10. The number of carbonyl (C=O) groups excluding carboxylic acids is 3. The van der Waals surface area contributed by atoms with Gasteiger partial charge in [0.15, 0.2) is 5.13 Å². The van der Waals surface area contributed by atoms with Crippen molar-refractivity contribution >= 4 is 50.3 Å². The van der Waals surface area contributed by atoms with Crippen molar-refractivity contribution in [3.8, 4) is 0 Å². The third kappa shape index (κ3) is 7.90. The van der Waals surface area contributed by atoms with Crippen molar-refractivity contribution in [2.45, 2.75) is 13.3 Å². The fraction of sp³-hybridized carbons (Fsp3) is 0.120. The topological polar surface area (TPSA) is 123 Å². The molecule has 0 atom stereocenters. The van der Waals surface area contributed by atoms with E-state index in [9.17, 15) is 18.8 Å². The number of urea groups is 1. The summed E-state index contributed by atoms with van der Waals surface area (Å²) in [6, 6.07) is 19.5. The van der Waals surface area contributed by atoms with Crippen LogP contribution in [0.2, 0.25) is 0 Å². The molecule has 0 spiro atoms. The summed E-state index contributed by atoms with van der Waals surface area (Å²) in [5, 5.41) is 5.60. The number of carbonyl (C=O) groups is 3. The number of rotatable bonds is 6. The first kappa shape index (κ1) is 25.3. The summed E-state index contributed by atoms with van der Waals surface area (Å²) in [5.41, 5.74) is 7.48. The molecule has 0 aliphatic rings. The number of amides is 3. The minimum absolute atomic E-state index is 0.286. The molecule has 10 heteroatoms. The van der Waals surface area contributed by atoms with Gasteiger partial charge in [0.25, 0.3) is 0 Å². The molecular formula is C25H23FN4O4S. The van der Waals surface area contributed by atoms with Gasteiger partial charge >= 0.3 is 12.0 Å². The van der Waals surface area contributed by atoms with Crippen LogP contribution < -0.4 is 16.4 Å². The van der Waals surface area contributed by atoms with E-state index in [0.29, 0.717) is 39.6 Å².